The molecule has 3 heteroatoms. The summed E-state index contributed by atoms with van der Waals surface area (Å²) in [6.45, 7) is 0.500. The van der Waals surface area contributed by atoms with E-state index in [4.69, 9.17) is 9.47 Å². The smallest absolute Gasteiger partial charge is 0.132 e. The maximum atomic E-state index is 5.98. The van der Waals surface area contributed by atoms with E-state index in [1.54, 1.807) is 7.11 Å². The number of methoxy groups -OCH3 is 1. The number of benzene rings is 3. The van der Waals surface area contributed by atoms with Gasteiger partial charge in [-0.05, 0) is 29.8 Å². The molecule has 0 aliphatic heterocycles. The Bertz CT molecular complexity index is 799. The molecule has 0 radical (unpaired) electrons. The van der Waals surface area contributed by atoms with Gasteiger partial charge in [0.2, 0.25) is 0 Å². The zero-order valence-electron chi connectivity index (χ0n) is 13.6. The fourth-order valence-electron chi connectivity index (χ4n) is 2.27. The molecule has 0 heterocycles. The third-order valence-corrected chi connectivity index (χ3v) is 3.57. The molecule has 0 aromatic heterocycles. The molecule has 3 aromatic rings. The highest BCUT2D eigenvalue weighted by Gasteiger charge is 2.05. The number of nitrogens with zero attached hydrogens (tertiary/aromatic N) is 1. The first kappa shape index (κ1) is 15.8. The summed E-state index contributed by atoms with van der Waals surface area (Å²) in [4.78, 5) is 4.50. The van der Waals surface area contributed by atoms with E-state index in [1.807, 2.05) is 85.1 Å². The molecule has 0 amide bonds. The van der Waals surface area contributed by atoms with Crippen molar-refractivity contribution in [2.45, 2.75) is 6.61 Å². The van der Waals surface area contributed by atoms with Crippen LogP contribution >= 0.6 is 0 Å². The fourth-order valence-corrected chi connectivity index (χ4v) is 2.27. The van der Waals surface area contributed by atoms with E-state index in [0.29, 0.717) is 6.61 Å². The molecular formula is C21H19NO2. The molecule has 120 valence electrons. The van der Waals surface area contributed by atoms with E-state index in [2.05, 4.69) is 4.99 Å². The molecule has 3 aromatic carbocycles. The number of hydrogen-bond acceptors (Lipinski definition) is 3. The molecule has 0 saturated carbocycles. The predicted octanol–water partition coefficient (Wildman–Crippen LogP) is 5.02. The van der Waals surface area contributed by atoms with Gasteiger partial charge in [0.1, 0.15) is 18.1 Å². The third kappa shape index (κ3) is 4.23. The first-order valence-electron chi connectivity index (χ1n) is 7.79. The van der Waals surface area contributed by atoms with Gasteiger partial charge in [0, 0.05) is 17.8 Å². The van der Waals surface area contributed by atoms with Gasteiger partial charge in [-0.1, -0.05) is 48.5 Å². The fraction of sp³-hybridized carbons (Fsp3) is 0.0952. The van der Waals surface area contributed by atoms with Gasteiger partial charge in [-0.3, -0.25) is 4.99 Å². The zero-order valence-corrected chi connectivity index (χ0v) is 13.6. The van der Waals surface area contributed by atoms with E-state index < -0.39 is 0 Å². The maximum Gasteiger partial charge on any atom is 0.132 e. The topological polar surface area (TPSA) is 30.8 Å². The van der Waals surface area contributed by atoms with Crippen molar-refractivity contribution in [3.05, 3.63) is 90.0 Å². The lowest BCUT2D eigenvalue weighted by atomic mass is 10.2. The van der Waals surface area contributed by atoms with Crippen LogP contribution in [-0.2, 0) is 6.61 Å². The van der Waals surface area contributed by atoms with Crippen molar-refractivity contribution in [2.24, 2.45) is 4.99 Å². The number of hydrogen-bond donors (Lipinski definition) is 0. The molecular weight excluding hydrogens is 298 g/mol. The quantitative estimate of drug-likeness (QED) is 0.597. The molecule has 0 fully saturated rings. The molecule has 0 spiro atoms. The van der Waals surface area contributed by atoms with Crippen molar-refractivity contribution in [3.63, 3.8) is 0 Å². The number of para-hydroxylation sites is 1. The Labute approximate surface area is 142 Å². The lowest BCUT2D eigenvalue weighted by Crippen LogP contribution is -1.99. The second-order valence-electron chi connectivity index (χ2n) is 5.27. The number of aliphatic imine (C=N–C) groups is 1. The standard InChI is InChI=1S/C21H19NO2/c1-23-20-13-12-18(15-22-19-10-6-3-7-11-19)21(14-20)24-16-17-8-4-2-5-9-17/h2-15H,16H2,1H3/b22-15+. The molecule has 0 aliphatic rings. The second kappa shape index (κ2) is 7.97. The largest absolute Gasteiger partial charge is 0.497 e. The molecule has 0 atom stereocenters. The Morgan fingerprint density at radius 2 is 1.58 bits per heavy atom. The Hall–Kier alpha value is -3.07. The minimum Gasteiger partial charge on any atom is -0.497 e. The Morgan fingerprint density at radius 1 is 0.875 bits per heavy atom. The van der Waals surface area contributed by atoms with Crippen LogP contribution < -0.4 is 9.47 Å². The highest BCUT2D eigenvalue weighted by atomic mass is 16.5. The Morgan fingerprint density at radius 3 is 2.29 bits per heavy atom. The minimum absolute atomic E-state index is 0.500. The average Bonchev–Trinajstić information content (AvgIpc) is 2.66. The highest BCUT2D eigenvalue weighted by molar-refractivity contribution is 5.85. The lowest BCUT2D eigenvalue weighted by molar-refractivity contribution is 0.303. The molecule has 3 rings (SSSR count). The first-order valence-corrected chi connectivity index (χ1v) is 7.79. The van der Waals surface area contributed by atoms with Crippen LogP contribution in [0.4, 0.5) is 5.69 Å². The van der Waals surface area contributed by atoms with Crippen molar-refractivity contribution in [2.75, 3.05) is 7.11 Å². The van der Waals surface area contributed by atoms with Gasteiger partial charge in [0.15, 0.2) is 0 Å². The average molecular weight is 317 g/mol. The van der Waals surface area contributed by atoms with Crippen LogP contribution in [0.1, 0.15) is 11.1 Å². The summed E-state index contributed by atoms with van der Waals surface area (Å²) >= 11 is 0. The Balaban J connectivity index is 1.81. The molecule has 3 nitrogen and oxygen atoms in total. The van der Waals surface area contributed by atoms with E-state index in [1.165, 1.54) is 0 Å². The number of rotatable bonds is 6. The van der Waals surface area contributed by atoms with Crippen molar-refractivity contribution >= 4 is 11.9 Å². The molecule has 0 unspecified atom stereocenters. The van der Waals surface area contributed by atoms with Gasteiger partial charge in [-0.2, -0.15) is 0 Å². The van der Waals surface area contributed by atoms with Crippen LogP contribution in [0.15, 0.2) is 83.9 Å². The summed E-state index contributed by atoms with van der Waals surface area (Å²) in [7, 11) is 1.65. The van der Waals surface area contributed by atoms with Crippen LogP contribution in [0.3, 0.4) is 0 Å². The van der Waals surface area contributed by atoms with Crippen LogP contribution in [0.2, 0.25) is 0 Å². The normalized spacial score (nSPS) is 10.7. The van der Waals surface area contributed by atoms with Crippen molar-refractivity contribution < 1.29 is 9.47 Å². The third-order valence-electron chi connectivity index (χ3n) is 3.57. The molecule has 24 heavy (non-hydrogen) atoms. The molecule has 0 N–H and O–H groups in total. The summed E-state index contributed by atoms with van der Waals surface area (Å²) in [6.07, 6.45) is 1.81. The predicted molar refractivity (Wildman–Crippen MR) is 97.5 cm³/mol. The van der Waals surface area contributed by atoms with Gasteiger partial charge >= 0.3 is 0 Å². The van der Waals surface area contributed by atoms with E-state index in [9.17, 15) is 0 Å². The van der Waals surface area contributed by atoms with Gasteiger partial charge < -0.3 is 9.47 Å². The van der Waals surface area contributed by atoms with Crippen LogP contribution in [-0.4, -0.2) is 13.3 Å². The lowest BCUT2D eigenvalue weighted by Gasteiger charge is -2.11. The van der Waals surface area contributed by atoms with Gasteiger partial charge in [-0.15, -0.1) is 0 Å². The zero-order chi connectivity index (χ0) is 16.6. The summed E-state index contributed by atoms with van der Waals surface area (Å²) < 4.78 is 11.3. The van der Waals surface area contributed by atoms with Gasteiger partial charge in [0.05, 0.1) is 12.8 Å². The monoisotopic (exact) mass is 317 g/mol. The summed E-state index contributed by atoms with van der Waals surface area (Å²) in [5.41, 5.74) is 2.93. The summed E-state index contributed by atoms with van der Waals surface area (Å²) in [6, 6.07) is 25.6. The van der Waals surface area contributed by atoms with Gasteiger partial charge in [-0.25, -0.2) is 0 Å². The van der Waals surface area contributed by atoms with Crippen LogP contribution in [0.25, 0.3) is 0 Å². The van der Waals surface area contributed by atoms with Crippen LogP contribution in [0, 0.1) is 0 Å². The van der Waals surface area contributed by atoms with Gasteiger partial charge in [0.25, 0.3) is 0 Å². The van der Waals surface area contributed by atoms with Crippen molar-refractivity contribution in [1.29, 1.82) is 0 Å². The van der Waals surface area contributed by atoms with E-state index in [-0.39, 0.29) is 0 Å². The summed E-state index contributed by atoms with van der Waals surface area (Å²) in [5.74, 6) is 1.51. The number of ether oxygens (including phenoxy) is 2. The molecule has 0 saturated heterocycles. The minimum atomic E-state index is 0.500. The second-order valence-corrected chi connectivity index (χ2v) is 5.27. The Kier molecular flexibility index (Phi) is 5.25. The summed E-state index contributed by atoms with van der Waals surface area (Å²) in [5, 5.41) is 0. The molecule has 0 bridgehead atoms. The van der Waals surface area contributed by atoms with Crippen molar-refractivity contribution in [3.8, 4) is 11.5 Å². The maximum absolute atomic E-state index is 5.98. The van der Waals surface area contributed by atoms with Crippen molar-refractivity contribution in [1.82, 2.24) is 0 Å². The van der Waals surface area contributed by atoms with Crippen LogP contribution in [0.5, 0.6) is 11.5 Å². The first-order chi connectivity index (χ1) is 11.8. The van der Waals surface area contributed by atoms with E-state index in [0.717, 1.165) is 28.3 Å². The highest BCUT2D eigenvalue weighted by Crippen LogP contribution is 2.25. The van der Waals surface area contributed by atoms with E-state index >= 15 is 0 Å². The SMILES string of the molecule is COc1ccc(/C=N/c2ccccc2)c(OCc2ccccc2)c1. The molecule has 0 aliphatic carbocycles.